The van der Waals surface area contributed by atoms with E-state index in [9.17, 15) is 0 Å². The van der Waals surface area contributed by atoms with Crippen LogP contribution in [-0.2, 0) is 5.41 Å². The maximum absolute atomic E-state index is 2.48. The fourth-order valence-electron chi connectivity index (χ4n) is 10.0. The molecule has 0 N–H and O–H groups in total. The van der Waals surface area contributed by atoms with E-state index in [-0.39, 0.29) is 0 Å². The van der Waals surface area contributed by atoms with Gasteiger partial charge in [-0.1, -0.05) is 194 Å². The topological polar surface area (TPSA) is 3.24 Å². The molecule has 0 unspecified atom stereocenters. The number of fused-ring (bicyclic) bond motifs is 6. The van der Waals surface area contributed by atoms with Crippen LogP contribution in [0.2, 0.25) is 0 Å². The first-order valence-electron chi connectivity index (χ1n) is 21.7. The molecule has 1 aromatic heterocycles. The molecule has 0 radical (unpaired) electrons. The van der Waals surface area contributed by atoms with Crippen molar-refractivity contribution in [2.45, 2.75) is 5.41 Å². The first kappa shape index (κ1) is 37.0. The first-order chi connectivity index (χ1) is 31.2. The van der Waals surface area contributed by atoms with E-state index >= 15 is 0 Å². The highest BCUT2D eigenvalue weighted by Crippen LogP contribution is 2.58. The van der Waals surface area contributed by atoms with Crippen LogP contribution in [0, 0.1) is 0 Å². The summed E-state index contributed by atoms with van der Waals surface area (Å²) in [6, 6.07) is 91.6. The number of thiophene rings is 1. The first-order valence-corrected chi connectivity index (χ1v) is 22.5. The van der Waals surface area contributed by atoms with Crippen molar-refractivity contribution >= 4 is 48.6 Å². The maximum Gasteiger partial charge on any atom is 0.0714 e. The third-order valence-corrected chi connectivity index (χ3v) is 14.1. The second kappa shape index (κ2) is 15.3. The lowest BCUT2D eigenvalue weighted by molar-refractivity contribution is 0.768. The van der Waals surface area contributed by atoms with Crippen molar-refractivity contribution in [3.63, 3.8) is 0 Å². The smallest absolute Gasteiger partial charge is 0.0714 e. The van der Waals surface area contributed by atoms with Crippen LogP contribution in [-0.4, -0.2) is 0 Å². The Morgan fingerprint density at radius 3 is 1.38 bits per heavy atom. The van der Waals surface area contributed by atoms with E-state index in [1.165, 1.54) is 86.9 Å². The number of hydrogen-bond acceptors (Lipinski definition) is 2. The summed E-state index contributed by atoms with van der Waals surface area (Å²) in [7, 11) is 0. The second-order valence-corrected chi connectivity index (χ2v) is 17.5. The van der Waals surface area contributed by atoms with Gasteiger partial charge in [0.15, 0.2) is 0 Å². The maximum atomic E-state index is 2.48. The molecular formula is C61H41NS. The Morgan fingerprint density at radius 2 is 0.746 bits per heavy atom. The molecule has 1 nitrogen and oxygen atoms in total. The molecule has 0 saturated carbocycles. The molecule has 12 rings (SSSR count). The summed E-state index contributed by atoms with van der Waals surface area (Å²) < 4.78 is 2.60. The Balaban J connectivity index is 1.06. The third-order valence-electron chi connectivity index (χ3n) is 13.0. The average molecular weight is 820 g/mol. The molecule has 0 spiro atoms. The van der Waals surface area contributed by atoms with Gasteiger partial charge in [0.25, 0.3) is 0 Å². The van der Waals surface area contributed by atoms with Gasteiger partial charge in [-0.05, 0) is 121 Å². The van der Waals surface area contributed by atoms with Crippen molar-refractivity contribution in [2.75, 3.05) is 4.90 Å². The van der Waals surface area contributed by atoms with Crippen LogP contribution in [0.4, 0.5) is 17.1 Å². The lowest BCUT2D eigenvalue weighted by Gasteiger charge is -2.35. The highest BCUT2D eigenvalue weighted by molar-refractivity contribution is 7.25. The fraction of sp³-hybridized carbons (Fsp3) is 0.0164. The van der Waals surface area contributed by atoms with E-state index in [0.29, 0.717) is 0 Å². The molecule has 0 atom stereocenters. The Kier molecular flexibility index (Phi) is 8.98. The fourth-order valence-corrected chi connectivity index (χ4v) is 11.1. The molecule has 1 aliphatic carbocycles. The van der Waals surface area contributed by atoms with Gasteiger partial charge < -0.3 is 4.90 Å². The molecule has 0 aliphatic heterocycles. The van der Waals surface area contributed by atoms with Gasteiger partial charge in [0, 0.05) is 37.2 Å². The lowest BCUT2D eigenvalue weighted by atomic mass is 9.67. The summed E-state index contributed by atoms with van der Waals surface area (Å²) in [6.45, 7) is 0. The number of hydrogen-bond donors (Lipinski definition) is 0. The van der Waals surface area contributed by atoms with Gasteiger partial charge in [0.05, 0.1) is 5.41 Å². The van der Waals surface area contributed by atoms with Crippen LogP contribution in [0.3, 0.4) is 0 Å². The second-order valence-electron chi connectivity index (χ2n) is 16.4. The monoisotopic (exact) mass is 819 g/mol. The molecule has 11 aromatic rings. The van der Waals surface area contributed by atoms with Gasteiger partial charge in [-0.15, -0.1) is 11.3 Å². The largest absolute Gasteiger partial charge is 0.310 e. The highest BCUT2D eigenvalue weighted by atomic mass is 32.1. The Hall–Kier alpha value is -7.78. The molecule has 10 aromatic carbocycles. The SMILES string of the molecule is c1ccc(-c2ccc(-c3ccc(N(c4ccc5c(c4)C(c4ccccc4)(c4ccccc4)c4ccc(-c6ccccc6)cc4-5)c4ccc5sc6ccccc6c5c4)cc3)cc2)cc1. The number of rotatable bonds is 8. The van der Waals surface area contributed by atoms with E-state index in [2.05, 4.69) is 254 Å². The standard InChI is InChI=1S/C61H41NS/c1-5-15-42(16-6-1)44-25-27-45(28-26-44)46-29-32-50(33-30-46)62(51-35-38-60-56(40-51)54-23-13-14-24-59(54)63-60)52-34-36-53-55-39-47(43-17-7-2-8-18-43)31-37-57(55)61(58(53)41-52,48-19-9-3-10-20-48)49-21-11-4-12-22-49/h1-41H. The zero-order valence-electron chi connectivity index (χ0n) is 34.5. The van der Waals surface area contributed by atoms with Gasteiger partial charge >= 0.3 is 0 Å². The normalized spacial score (nSPS) is 12.6. The average Bonchev–Trinajstić information content (AvgIpc) is 3.88. The summed E-state index contributed by atoms with van der Waals surface area (Å²) in [5.74, 6) is 0. The van der Waals surface area contributed by atoms with Crippen molar-refractivity contribution in [2.24, 2.45) is 0 Å². The molecule has 0 amide bonds. The van der Waals surface area contributed by atoms with Gasteiger partial charge in [-0.25, -0.2) is 0 Å². The summed E-state index contributed by atoms with van der Waals surface area (Å²) in [5, 5.41) is 2.57. The van der Waals surface area contributed by atoms with Crippen LogP contribution in [0.15, 0.2) is 249 Å². The molecular weight excluding hydrogens is 779 g/mol. The molecule has 1 heterocycles. The van der Waals surface area contributed by atoms with Crippen LogP contribution >= 0.6 is 11.3 Å². The third kappa shape index (κ3) is 6.22. The lowest BCUT2D eigenvalue weighted by Crippen LogP contribution is -2.28. The van der Waals surface area contributed by atoms with Crippen molar-refractivity contribution in [1.29, 1.82) is 0 Å². The minimum absolute atomic E-state index is 0.548. The van der Waals surface area contributed by atoms with Crippen molar-refractivity contribution in [3.8, 4) is 44.5 Å². The van der Waals surface area contributed by atoms with E-state index in [4.69, 9.17) is 0 Å². The predicted octanol–water partition coefficient (Wildman–Crippen LogP) is 16.9. The quantitative estimate of drug-likeness (QED) is 0.148. The molecule has 0 bridgehead atoms. The van der Waals surface area contributed by atoms with E-state index < -0.39 is 5.41 Å². The summed E-state index contributed by atoms with van der Waals surface area (Å²) >= 11 is 1.86. The van der Waals surface area contributed by atoms with Crippen molar-refractivity contribution < 1.29 is 0 Å². The highest BCUT2D eigenvalue weighted by Gasteiger charge is 2.46. The van der Waals surface area contributed by atoms with Crippen LogP contribution in [0.1, 0.15) is 22.3 Å². The van der Waals surface area contributed by atoms with E-state index in [1.807, 2.05) is 11.3 Å². The van der Waals surface area contributed by atoms with Gasteiger partial charge in [-0.3, -0.25) is 0 Å². The Labute approximate surface area is 372 Å². The van der Waals surface area contributed by atoms with E-state index in [1.54, 1.807) is 0 Å². The number of nitrogens with zero attached hydrogens (tertiary/aromatic N) is 1. The number of benzene rings is 10. The van der Waals surface area contributed by atoms with Crippen molar-refractivity contribution in [1.82, 2.24) is 0 Å². The van der Waals surface area contributed by atoms with Crippen LogP contribution in [0.25, 0.3) is 64.7 Å². The molecule has 0 saturated heterocycles. The van der Waals surface area contributed by atoms with Crippen LogP contribution < -0.4 is 4.90 Å². The van der Waals surface area contributed by atoms with Gasteiger partial charge in [0.1, 0.15) is 0 Å². The Morgan fingerprint density at radius 1 is 0.286 bits per heavy atom. The number of anilines is 3. The van der Waals surface area contributed by atoms with Gasteiger partial charge in [-0.2, -0.15) is 0 Å². The van der Waals surface area contributed by atoms with Crippen LogP contribution in [0.5, 0.6) is 0 Å². The minimum atomic E-state index is -0.548. The summed E-state index contributed by atoms with van der Waals surface area (Å²) in [4.78, 5) is 2.45. The molecule has 63 heavy (non-hydrogen) atoms. The Bertz CT molecular complexity index is 3370. The molecule has 0 fully saturated rings. The zero-order chi connectivity index (χ0) is 41.7. The predicted molar refractivity (Wildman–Crippen MR) is 268 cm³/mol. The minimum Gasteiger partial charge on any atom is -0.310 e. The molecule has 2 heteroatoms. The van der Waals surface area contributed by atoms with Crippen molar-refractivity contribution in [3.05, 3.63) is 271 Å². The summed E-state index contributed by atoms with van der Waals surface area (Å²) in [5.41, 5.74) is 17.6. The van der Waals surface area contributed by atoms with Gasteiger partial charge in [0.2, 0.25) is 0 Å². The molecule has 1 aliphatic rings. The van der Waals surface area contributed by atoms with E-state index in [0.717, 1.165) is 17.1 Å². The summed E-state index contributed by atoms with van der Waals surface area (Å²) in [6.07, 6.45) is 0. The zero-order valence-corrected chi connectivity index (χ0v) is 35.3. The molecule has 296 valence electrons.